The highest BCUT2D eigenvalue weighted by molar-refractivity contribution is 5.92. The van der Waals surface area contributed by atoms with Crippen LogP contribution in [0, 0.1) is 11.8 Å². The summed E-state index contributed by atoms with van der Waals surface area (Å²) in [6, 6.07) is 0.381. The van der Waals surface area contributed by atoms with Gasteiger partial charge in [-0.05, 0) is 50.4 Å². The fourth-order valence-electron chi connectivity index (χ4n) is 5.00. The van der Waals surface area contributed by atoms with Crippen LogP contribution in [0.15, 0.2) is 6.20 Å². The van der Waals surface area contributed by atoms with Crippen LogP contribution in [0.25, 0.3) is 0 Å². The molecule has 4 heteroatoms. The molecule has 4 nitrogen and oxygen atoms in total. The lowest BCUT2D eigenvalue weighted by atomic mass is 9.86. The molecule has 2 heterocycles. The van der Waals surface area contributed by atoms with Crippen LogP contribution >= 0.6 is 0 Å². The smallest absolute Gasteiger partial charge is 0.271 e. The van der Waals surface area contributed by atoms with Crippen molar-refractivity contribution in [3.05, 3.63) is 17.7 Å². The van der Waals surface area contributed by atoms with Crippen molar-refractivity contribution in [1.82, 2.24) is 14.9 Å². The summed E-state index contributed by atoms with van der Waals surface area (Å²) in [5.74, 6) is 2.55. The van der Waals surface area contributed by atoms with Crippen LogP contribution in [-0.4, -0.2) is 21.5 Å². The third-order valence-corrected chi connectivity index (χ3v) is 6.25. The van der Waals surface area contributed by atoms with Gasteiger partial charge in [0.05, 0.1) is 0 Å². The highest BCUT2D eigenvalue weighted by Gasteiger charge is 2.34. The number of carbonyl (C=O) groups excluding carboxylic acids is 1. The van der Waals surface area contributed by atoms with Gasteiger partial charge < -0.3 is 9.88 Å². The topological polar surface area (TPSA) is 46.9 Å². The lowest BCUT2D eigenvalue weighted by Gasteiger charge is -2.30. The second kappa shape index (κ2) is 6.66. The minimum atomic E-state index is 0.0655. The maximum absolute atomic E-state index is 12.8. The van der Waals surface area contributed by atoms with Crippen molar-refractivity contribution >= 4 is 5.91 Å². The Labute approximate surface area is 139 Å². The molecule has 0 atom stereocenters. The van der Waals surface area contributed by atoms with E-state index in [1.54, 1.807) is 0 Å². The number of imidazole rings is 1. The maximum atomic E-state index is 12.8. The van der Waals surface area contributed by atoms with E-state index < -0.39 is 0 Å². The largest absolute Gasteiger partial charge is 0.347 e. The SMILES string of the molecule is O=C(NC(C1CCCC1)C1CCCC1)c1cn2c(n1)CCCC2. The van der Waals surface area contributed by atoms with Crippen LogP contribution in [0.1, 0.15) is 80.5 Å². The Balaban J connectivity index is 1.48. The number of carbonyl (C=O) groups is 1. The molecule has 0 spiro atoms. The third-order valence-electron chi connectivity index (χ3n) is 6.25. The first-order valence-corrected chi connectivity index (χ1v) is 9.68. The zero-order chi connectivity index (χ0) is 15.6. The summed E-state index contributed by atoms with van der Waals surface area (Å²) in [6.07, 6.45) is 15.9. The van der Waals surface area contributed by atoms with E-state index >= 15 is 0 Å². The van der Waals surface area contributed by atoms with E-state index in [2.05, 4.69) is 14.9 Å². The van der Waals surface area contributed by atoms with Crippen LogP contribution in [0.3, 0.4) is 0 Å². The van der Waals surface area contributed by atoms with E-state index in [1.807, 2.05) is 6.20 Å². The van der Waals surface area contributed by atoms with Gasteiger partial charge in [0.2, 0.25) is 0 Å². The molecule has 126 valence electrons. The molecule has 2 aliphatic carbocycles. The quantitative estimate of drug-likeness (QED) is 0.921. The van der Waals surface area contributed by atoms with Crippen molar-refractivity contribution in [2.45, 2.75) is 83.2 Å². The molecule has 3 aliphatic rings. The third kappa shape index (κ3) is 3.17. The molecular weight excluding hydrogens is 286 g/mol. The molecule has 0 saturated heterocycles. The predicted octanol–water partition coefficient (Wildman–Crippen LogP) is 3.70. The number of rotatable bonds is 4. The van der Waals surface area contributed by atoms with Gasteiger partial charge in [-0.3, -0.25) is 4.79 Å². The van der Waals surface area contributed by atoms with Gasteiger partial charge in [0.1, 0.15) is 11.5 Å². The highest BCUT2D eigenvalue weighted by Crippen LogP contribution is 2.37. The molecule has 1 aromatic rings. The Morgan fingerprint density at radius 3 is 2.30 bits per heavy atom. The number of amides is 1. The summed E-state index contributed by atoms with van der Waals surface area (Å²) >= 11 is 0. The Bertz CT molecular complexity index is 513. The summed E-state index contributed by atoms with van der Waals surface area (Å²) in [6.45, 7) is 1.02. The predicted molar refractivity (Wildman–Crippen MR) is 90.3 cm³/mol. The van der Waals surface area contributed by atoms with Crippen LogP contribution in [0.2, 0.25) is 0 Å². The highest BCUT2D eigenvalue weighted by atomic mass is 16.2. The van der Waals surface area contributed by atoms with Crippen LogP contribution in [0.4, 0.5) is 0 Å². The van der Waals surface area contributed by atoms with E-state index in [1.165, 1.54) is 64.2 Å². The van der Waals surface area contributed by atoms with Gasteiger partial charge in [-0.1, -0.05) is 25.7 Å². The molecule has 2 fully saturated rings. The average Bonchev–Trinajstić information content (AvgIpc) is 3.33. The average molecular weight is 315 g/mol. The van der Waals surface area contributed by atoms with Crippen molar-refractivity contribution in [2.75, 3.05) is 0 Å². The lowest BCUT2D eigenvalue weighted by molar-refractivity contribution is 0.0893. The molecule has 4 rings (SSSR count). The first-order chi connectivity index (χ1) is 11.3. The zero-order valence-electron chi connectivity index (χ0n) is 14.1. The van der Waals surface area contributed by atoms with Crippen molar-refractivity contribution in [1.29, 1.82) is 0 Å². The van der Waals surface area contributed by atoms with E-state index in [0.29, 0.717) is 23.6 Å². The molecule has 0 radical (unpaired) electrons. The number of fused-ring (bicyclic) bond motifs is 1. The zero-order valence-corrected chi connectivity index (χ0v) is 14.1. The second-order valence-corrected chi connectivity index (χ2v) is 7.78. The molecule has 1 aliphatic heterocycles. The van der Waals surface area contributed by atoms with Crippen molar-refractivity contribution in [3.8, 4) is 0 Å². The maximum Gasteiger partial charge on any atom is 0.271 e. The lowest BCUT2D eigenvalue weighted by Crippen LogP contribution is -2.44. The molecule has 0 bridgehead atoms. The molecule has 0 aromatic carbocycles. The Hall–Kier alpha value is -1.32. The minimum Gasteiger partial charge on any atom is -0.347 e. The number of aryl methyl sites for hydroxylation is 2. The Morgan fingerprint density at radius 2 is 1.70 bits per heavy atom. The van der Waals surface area contributed by atoms with Crippen LogP contribution < -0.4 is 5.32 Å². The summed E-state index contributed by atoms with van der Waals surface area (Å²) < 4.78 is 2.18. The summed E-state index contributed by atoms with van der Waals surface area (Å²) in [4.78, 5) is 17.4. The Kier molecular flexibility index (Phi) is 4.41. The molecule has 23 heavy (non-hydrogen) atoms. The summed E-state index contributed by atoms with van der Waals surface area (Å²) in [5.41, 5.74) is 0.642. The normalized spacial score (nSPS) is 22.7. The first-order valence-electron chi connectivity index (χ1n) is 9.68. The minimum absolute atomic E-state index is 0.0655. The van der Waals surface area contributed by atoms with Crippen molar-refractivity contribution in [2.24, 2.45) is 11.8 Å². The summed E-state index contributed by atoms with van der Waals surface area (Å²) in [7, 11) is 0. The van der Waals surface area contributed by atoms with Gasteiger partial charge in [-0.2, -0.15) is 0 Å². The second-order valence-electron chi connectivity index (χ2n) is 7.78. The molecular formula is C19H29N3O. The van der Waals surface area contributed by atoms with E-state index in [0.717, 1.165) is 18.8 Å². The van der Waals surface area contributed by atoms with E-state index in [-0.39, 0.29) is 5.91 Å². The number of hydrogen-bond acceptors (Lipinski definition) is 2. The number of nitrogens with one attached hydrogen (secondary N) is 1. The monoisotopic (exact) mass is 315 g/mol. The molecule has 1 N–H and O–H groups in total. The van der Waals surface area contributed by atoms with E-state index in [9.17, 15) is 4.79 Å². The number of hydrogen-bond donors (Lipinski definition) is 1. The van der Waals surface area contributed by atoms with Crippen LogP contribution in [0.5, 0.6) is 0 Å². The van der Waals surface area contributed by atoms with Gasteiger partial charge >= 0.3 is 0 Å². The van der Waals surface area contributed by atoms with E-state index in [4.69, 9.17) is 0 Å². The van der Waals surface area contributed by atoms with Gasteiger partial charge in [-0.25, -0.2) is 4.98 Å². The van der Waals surface area contributed by atoms with Gasteiger partial charge in [0.15, 0.2) is 0 Å². The number of aromatic nitrogens is 2. The van der Waals surface area contributed by atoms with Crippen molar-refractivity contribution < 1.29 is 4.79 Å². The fourth-order valence-corrected chi connectivity index (χ4v) is 5.00. The van der Waals surface area contributed by atoms with Gasteiger partial charge in [0, 0.05) is 25.2 Å². The fraction of sp³-hybridized carbons (Fsp3) is 0.789. The number of nitrogens with zero attached hydrogens (tertiary/aromatic N) is 2. The molecule has 1 aromatic heterocycles. The first kappa shape index (κ1) is 15.2. The molecule has 0 unspecified atom stereocenters. The van der Waals surface area contributed by atoms with Gasteiger partial charge in [0.25, 0.3) is 5.91 Å². The van der Waals surface area contributed by atoms with Crippen LogP contribution in [-0.2, 0) is 13.0 Å². The molecule has 1 amide bonds. The Morgan fingerprint density at radius 1 is 1.04 bits per heavy atom. The van der Waals surface area contributed by atoms with Gasteiger partial charge in [-0.15, -0.1) is 0 Å². The molecule has 2 saturated carbocycles. The summed E-state index contributed by atoms with van der Waals surface area (Å²) in [5, 5.41) is 3.41. The van der Waals surface area contributed by atoms with Crippen molar-refractivity contribution in [3.63, 3.8) is 0 Å². The standard InChI is InChI=1S/C19H29N3O/c23-19(16-13-22-12-6-5-11-17(22)20-16)21-18(14-7-1-2-8-14)15-9-3-4-10-15/h13-15,18H,1-12H2,(H,21,23).